The van der Waals surface area contributed by atoms with Gasteiger partial charge in [-0.15, -0.1) is 0 Å². The van der Waals surface area contributed by atoms with E-state index in [4.69, 9.17) is 0 Å². The van der Waals surface area contributed by atoms with Gasteiger partial charge in [-0.25, -0.2) is 14.3 Å². The molecule has 170 valence electrons. The van der Waals surface area contributed by atoms with Crippen LogP contribution in [0.4, 0.5) is 0 Å². The number of nitrogens with zero attached hydrogens (tertiary/aromatic N) is 4. The highest BCUT2D eigenvalue weighted by Gasteiger charge is 2.22. The minimum absolute atomic E-state index is 0.119. The summed E-state index contributed by atoms with van der Waals surface area (Å²) in [5.41, 5.74) is 0.658. The second-order valence-corrected chi connectivity index (χ2v) is 9.11. The van der Waals surface area contributed by atoms with E-state index >= 15 is 0 Å². The third kappa shape index (κ3) is 4.69. The van der Waals surface area contributed by atoms with E-state index in [2.05, 4.69) is 24.1 Å². The molecule has 0 unspecified atom stereocenters. The van der Waals surface area contributed by atoms with Crippen LogP contribution in [-0.2, 0) is 24.4 Å². The van der Waals surface area contributed by atoms with Crippen molar-refractivity contribution in [2.24, 2.45) is 5.92 Å². The Morgan fingerprint density at radius 1 is 1.09 bits per heavy atom. The van der Waals surface area contributed by atoms with E-state index in [1.165, 1.54) is 11.0 Å². The third-order valence-electron chi connectivity index (χ3n) is 6.00. The lowest BCUT2D eigenvalue weighted by atomic mass is 9.95. The summed E-state index contributed by atoms with van der Waals surface area (Å²) >= 11 is 0. The summed E-state index contributed by atoms with van der Waals surface area (Å²) in [6.45, 7) is 4.71. The second kappa shape index (κ2) is 9.54. The molecule has 3 aromatic rings. The van der Waals surface area contributed by atoms with Gasteiger partial charge in [0.2, 0.25) is 5.91 Å². The molecule has 0 aliphatic heterocycles. The highest BCUT2D eigenvalue weighted by molar-refractivity contribution is 5.77. The molecule has 1 aliphatic rings. The van der Waals surface area contributed by atoms with Crippen molar-refractivity contribution in [1.82, 2.24) is 24.0 Å². The topological polar surface area (TPSA) is 90.9 Å². The number of aromatic nitrogens is 4. The first kappa shape index (κ1) is 22.0. The molecular formula is C24H31N5O3. The first-order valence-corrected chi connectivity index (χ1v) is 11.5. The number of benzene rings is 1. The summed E-state index contributed by atoms with van der Waals surface area (Å²) in [4.78, 5) is 43.9. The van der Waals surface area contributed by atoms with Gasteiger partial charge in [-0.1, -0.05) is 63.4 Å². The lowest BCUT2D eigenvalue weighted by Gasteiger charge is -2.23. The fraction of sp³-hybridized carbons (Fsp3) is 0.500. The van der Waals surface area contributed by atoms with Crippen molar-refractivity contribution in [1.29, 1.82) is 0 Å². The van der Waals surface area contributed by atoms with Crippen LogP contribution in [0.5, 0.6) is 0 Å². The first-order valence-electron chi connectivity index (χ1n) is 11.5. The Morgan fingerprint density at radius 2 is 1.81 bits per heavy atom. The molecule has 1 amide bonds. The van der Waals surface area contributed by atoms with E-state index in [-0.39, 0.29) is 25.0 Å². The number of hydrogen-bond acceptors (Lipinski definition) is 4. The molecule has 8 heteroatoms. The van der Waals surface area contributed by atoms with Crippen LogP contribution in [0.15, 0.2) is 46.2 Å². The van der Waals surface area contributed by atoms with Gasteiger partial charge in [0, 0.05) is 12.6 Å². The molecule has 2 aromatic heterocycles. The van der Waals surface area contributed by atoms with E-state index in [1.54, 1.807) is 10.9 Å². The standard InChI is InChI=1S/C24H31N5O3/c1-17(2)13-27-16-25-22-21(27)23(31)29(15-20(30)26-19-11-7-4-8-12-19)24(32)28(22)14-18-9-5-3-6-10-18/h3,5-6,9-10,16-17,19H,4,7-8,11-15H2,1-2H3,(H,26,30). The van der Waals surface area contributed by atoms with Gasteiger partial charge in [0.15, 0.2) is 11.2 Å². The predicted molar refractivity (Wildman–Crippen MR) is 124 cm³/mol. The summed E-state index contributed by atoms with van der Waals surface area (Å²) in [5, 5.41) is 3.01. The molecule has 1 aromatic carbocycles. The molecule has 8 nitrogen and oxygen atoms in total. The van der Waals surface area contributed by atoms with Crippen molar-refractivity contribution in [2.75, 3.05) is 0 Å². The van der Waals surface area contributed by atoms with Crippen LogP contribution in [-0.4, -0.2) is 30.6 Å². The minimum Gasteiger partial charge on any atom is -0.352 e. The zero-order valence-corrected chi connectivity index (χ0v) is 18.8. The van der Waals surface area contributed by atoms with Crippen molar-refractivity contribution < 1.29 is 4.79 Å². The molecule has 0 bridgehead atoms. The van der Waals surface area contributed by atoms with E-state index in [1.807, 2.05) is 30.3 Å². The van der Waals surface area contributed by atoms with Crippen molar-refractivity contribution in [3.8, 4) is 0 Å². The molecule has 4 rings (SSSR count). The molecule has 1 saturated carbocycles. The number of carbonyl (C=O) groups is 1. The Bertz CT molecular complexity index is 1200. The van der Waals surface area contributed by atoms with Gasteiger partial charge in [0.25, 0.3) is 5.56 Å². The van der Waals surface area contributed by atoms with Gasteiger partial charge in [-0.05, 0) is 24.3 Å². The zero-order chi connectivity index (χ0) is 22.7. The van der Waals surface area contributed by atoms with E-state index in [0.717, 1.165) is 35.8 Å². The molecule has 0 radical (unpaired) electrons. The lowest BCUT2D eigenvalue weighted by molar-refractivity contribution is -0.122. The second-order valence-electron chi connectivity index (χ2n) is 9.11. The van der Waals surface area contributed by atoms with Crippen LogP contribution in [0, 0.1) is 5.92 Å². The van der Waals surface area contributed by atoms with Crippen molar-refractivity contribution in [3.05, 3.63) is 63.1 Å². The number of fused-ring (bicyclic) bond motifs is 1. The summed E-state index contributed by atoms with van der Waals surface area (Å²) < 4.78 is 4.34. The molecule has 0 saturated heterocycles. The van der Waals surface area contributed by atoms with E-state index in [0.29, 0.717) is 23.6 Å². The highest BCUT2D eigenvalue weighted by Crippen LogP contribution is 2.17. The normalized spacial score (nSPS) is 14.8. The fourth-order valence-electron chi connectivity index (χ4n) is 4.48. The molecule has 1 N–H and O–H groups in total. The largest absolute Gasteiger partial charge is 0.352 e. The average molecular weight is 438 g/mol. The smallest absolute Gasteiger partial charge is 0.333 e. The summed E-state index contributed by atoms with van der Waals surface area (Å²) in [6, 6.07) is 9.69. The number of imidazole rings is 1. The van der Waals surface area contributed by atoms with E-state index in [9.17, 15) is 14.4 Å². The quantitative estimate of drug-likeness (QED) is 0.615. The van der Waals surface area contributed by atoms with Crippen molar-refractivity contribution in [3.63, 3.8) is 0 Å². The molecule has 0 spiro atoms. The molecule has 1 aliphatic carbocycles. The summed E-state index contributed by atoms with van der Waals surface area (Å²) in [5.74, 6) is 0.000914. The zero-order valence-electron chi connectivity index (χ0n) is 18.8. The van der Waals surface area contributed by atoms with Crippen LogP contribution in [0.1, 0.15) is 51.5 Å². The maximum atomic E-state index is 13.4. The Morgan fingerprint density at radius 3 is 2.50 bits per heavy atom. The number of hydrogen-bond donors (Lipinski definition) is 1. The molecule has 32 heavy (non-hydrogen) atoms. The van der Waals surface area contributed by atoms with E-state index < -0.39 is 11.2 Å². The lowest BCUT2D eigenvalue weighted by Crippen LogP contribution is -2.46. The molecule has 2 heterocycles. The van der Waals surface area contributed by atoms with Gasteiger partial charge in [0.1, 0.15) is 6.54 Å². The maximum absolute atomic E-state index is 13.4. The molecule has 0 atom stereocenters. The number of carbonyl (C=O) groups excluding carboxylic acids is 1. The van der Waals surface area contributed by atoms with Crippen LogP contribution < -0.4 is 16.6 Å². The van der Waals surface area contributed by atoms with Crippen LogP contribution >= 0.6 is 0 Å². The van der Waals surface area contributed by atoms with Crippen molar-refractivity contribution in [2.45, 2.75) is 71.6 Å². The number of nitrogens with one attached hydrogen (secondary N) is 1. The third-order valence-corrected chi connectivity index (χ3v) is 6.00. The fourth-order valence-corrected chi connectivity index (χ4v) is 4.48. The number of amides is 1. The van der Waals surface area contributed by atoms with Crippen LogP contribution in [0.3, 0.4) is 0 Å². The molecule has 1 fully saturated rings. The summed E-state index contributed by atoms with van der Waals surface area (Å²) in [6.07, 6.45) is 6.87. The van der Waals surface area contributed by atoms with Gasteiger partial charge in [-0.2, -0.15) is 0 Å². The Balaban J connectivity index is 1.75. The minimum atomic E-state index is -0.514. The van der Waals surface area contributed by atoms with Gasteiger partial charge >= 0.3 is 5.69 Å². The number of rotatable bonds is 7. The highest BCUT2D eigenvalue weighted by atomic mass is 16.2. The van der Waals surface area contributed by atoms with Crippen LogP contribution in [0.2, 0.25) is 0 Å². The van der Waals surface area contributed by atoms with Gasteiger partial charge in [0.05, 0.1) is 12.9 Å². The van der Waals surface area contributed by atoms with Gasteiger partial charge < -0.3 is 9.88 Å². The van der Waals surface area contributed by atoms with Gasteiger partial charge in [-0.3, -0.25) is 14.2 Å². The SMILES string of the molecule is CC(C)Cn1cnc2c1c(=O)n(CC(=O)NC1CCCCC1)c(=O)n2Cc1ccccc1. The first-order chi connectivity index (χ1) is 15.4. The maximum Gasteiger partial charge on any atom is 0.333 e. The summed E-state index contributed by atoms with van der Waals surface area (Å²) in [7, 11) is 0. The van der Waals surface area contributed by atoms with Crippen LogP contribution in [0.25, 0.3) is 11.2 Å². The Hall–Kier alpha value is -3.16. The Kier molecular flexibility index (Phi) is 6.58. The predicted octanol–water partition coefficient (Wildman–Crippen LogP) is 2.51. The molecular weight excluding hydrogens is 406 g/mol. The van der Waals surface area contributed by atoms with Crippen molar-refractivity contribution >= 4 is 17.1 Å². The average Bonchev–Trinajstić information content (AvgIpc) is 3.18. The monoisotopic (exact) mass is 437 g/mol. The Labute approximate surface area is 186 Å².